The molecule has 0 aliphatic carbocycles. The maximum atomic E-state index is 5.59. The van der Waals surface area contributed by atoms with E-state index in [0.29, 0.717) is 11.6 Å². The fraction of sp³-hybridized carbons (Fsp3) is 0.333. The number of nitrogens with zero attached hydrogens (tertiary/aromatic N) is 3. The number of aromatic nitrogens is 3. The Bertz CT molecular complexity index is 430. The lowest BCUT2D eigenvalue weighted by atomic mass is 10.1. The molecule has 4 heteroatoms. The van der Waals surface area contributed by atoms with Gasteiger partial charge in [-0.25, -0.2) is 9.50 Å². The summed E-state index contributed by atoms with van der Waals surface area (Å²) in [7, 11) is 0. The van der Waals surface area contributed by atoms with Gasteiger partial charge >= 0.3 is 0 Å². The Morgan fingerprint density at radius 3 is 2.85 bits per heavy atom. The first-order valence-electron chi connectivity index (χ1n) is 4.27. The molecule has 0 radical (unpaired) electrons. The lowest BCUT2D eigenvalue weighted by Gasteiger charge is -2.00. The first-order chi connectivity index (χ1) is 6.18. The molecule has 0 saturated carbocycles. The Balaban J connectivity index is 2.69. The largest absolute Gasteiger partial charge is 0.396 e. The summed E-state index contributed by atoms with van der Waals surface area (Å²) >= 11 is 0. The van der Waals surface area contributed by atoms with Crippen LogP contribution < -0.4 is 5.73 Å². The molecule has 0 saturated heterocycles. The summed E-state index contributed by atoms with van der Waals surface area (Å²) in [4.78, 5) is 4.24. The topological polar surface area (TPSA) is 56.2 Å². The van der Waals surface area contributed by atoms with Gasteiger partial charge in [-0.1, -0.05) is 13.8 Å². The van der Waals surface area contributed by atoms with Crippen molar-refractivity contribution < 1.29 is 0 Å². The van der Waals surface area contributed by atoms with Gasteiger partial charge in [0.1, 0.15) is 0 Å². The van der Waals surface area contributed by atoms with Crippen molar-refractivity contribution in [3.05, 3.63) is 24.2 Å². The van der Waals surface area contributed by atoms with Gasteiger partial charge in [0.25, 0.3) is 0 Å². The predicted octanol–water partition coefficient (Wildman–Crippen LogP) is 1.43. The predicted molar refractivity (Wildman–Crippen MR) is 51.5 cm³/mol. The Labute approximate surface area is 76.4 Å². The van der Waals surface area contributed by atoms with Crippen LogP contribution in [0.2, 0.25) is 0 Å². The van der Waals surface area contributed by atoms with Gasteiger partial charge in [-0.05, 0) is 5.92 Å². The van der Waals surface area contributed by atoms with E-state index >= 15 is 0 Å². The highest BCUT2D eigenvalue weighted by atomic mass is 15.2. The van der Waals surface area contributed by atoms with Crippen LogP contribution >= 0.6 is 0 Å². The van der Waals surface area contributed by atoms with E-state index in [-0.39, 0.29) is 0 Å². The standard InChI is InChI=1S/C9H12N4/c1-6(2)8-4-12-13-5-7(10)3-11-9(8)13/h3-6H,10H2,1-2H3. The summed E-state index contributed by atoms with van der Waals surface area (Å²) in [6, 6.07) is 0. The van der Waals surface area contributed by atoms with Gasteiger partial charge < -0.3 is 5.73 Å². The summed E-state index contributed by atoms with van der Waals surface area (Å²) in [6.07, 6.45) is 5.27. The summed E-state index contributed by atoms with van der Waals surface area (Å²) in [5, 5.41) is 4.17. The third-order valence-electron chi connectivity index (χ3n) is 2.03. The molecule has 0 aromatic carbocycles. The van der Waals surface area contributed by atoms with Gasteiger partial charge in [-0.15, -0.1) is 0 Å². The second kappa shape index (κ2) is 2.73. The molecule has 0 spiro atoms. The van der Waals surface area contributed by atoms with Gasteiger partial charge in [0.15, 0.2) is 5.65 Å². The van der Waals surface area contributed by atoms with Crippen molar-refractivity contribution in [3.8, 4) is 0 Å². The molecule has 2 heterocycles. The number of nitrogen functional groups attached to an aromatic ring is 1. The van der Waals surface area contributed by atoms with E-state index in [2.05, 4.69) is 23.9 Å². The summed E-state index contributed by atoms with van der Waals surface area (Å²) in [6.45, 7) is 4.24. The molecule has 2 N–H and O–H groups in total. The minimum atomic E-state index is 0.439. The average Bonchev–Trinajstić information content (AvgIpc) is 2.46. The van der Waals surface area contributed by atoms with Gasteiger partial charge in [0.05, 0.1) is 24.3 Å². The number of nitrogens with two attached hydrogens (primary N) is 1. The number of hydrogen-bond acceptors (Lipinski definition) is 3. The minimum Gasteiger partial charge on any atom is -0.396 e. The zero-order valence-electron chi connectivity index (χ0n) is 7.73. The van der Waals surface area contributed by atoms with Crippen molar-refractivity contribution in [1.82, 2.24) is 14.6 Å². The number of fused-ring (bicyclic) bond motifs is 1. The molecule has 0 fully saturated rings. The van der Waals surface area contributed by atoms with Crippen LogP contribution in [-0.2, 0) is 0 Å². The zero-order chi connectivity index (χ0) is 9.42. The molecular formula is C9H12N4. The van der Waals surface area contributed by atoms with Gasteiger partial charge in [0.2, 0.25) is 0 Å². The molecule has 0 aliphatic rings. The Morgan fingerprint density at radius 2 is 2.15 bits per heavy atom. The van der Waals surface area contributed by atoms with E-state index in [4.69, 9.17) is 5.73 Å². The van der Waals surface area contributed by atoms with E-state index in [1.54, 1.807) is 16.9 Å². The van der Waals surface area contributed by atoms with Crippen molar-refractivity contribution in [2.75, 3.05) is 5.73 Å². The highest BCUT2D eigenvalue weighted by Gasteiger charge is 2.08. The van der Waals surface area contributed by atoms with Crippen LogP contribution in [0.3, 0.4) is 0 Å². The molecule has 0 unspecified atom stereocenters. The first kappa shape index (κ1) is 8.04. The molecule has 2 rings (SSSR count). The smallest absolute Gasteiger partial charge is 0.158 e. The molecule has 2 aromatic rings. The molecule has 0 bridgehead atoms. The normalized spacial score (nSPS) is 11.3. The van der Waals surface area contributed by atoms with Crippen LogP contribution in [0.5, 0.6) is 0 Å². The van der Waals surface area contributed by atoms with Crippen molar-refractivity contribution in [1.29, 1.82) is 0 Å². The highest BCUT2D eigenvalue weighted by Crippen LogP contribution is 2.18. The number of rotatable bonds is 1. The monoisotopic (exact) mass is 176 g/mol. The van der Waals surface area contributed by atoms with Gasteiger partial charge in [-0.2, -0.15) is 5.10 Å². The van der Waals surface area contributed by atoms with E-state index in [1.807, 2.05) is 6.20 Å². The maximum Gasteiger partial charge on any atom is 0.158 e. The first-order valence-corrected chi connectivity index (χ1v) is 4.27. The molecule has 2 aromatic heterocycles. The van der Waals surface area contributed by atoms with Crippen LogP contribution in [-0.4, -0.2) is 14.6 Å². The van der Waals surface area contributed by atoms with E-state index in [1.165, 1.54) is 0 Å². The summed E-state index contributed by atoms with van der Waals surface area (Å²) in [5.74, 6) is 0.439. The fourth-order valence-electron chi connectivity index (χ4n) is 1.31. The molecule has 68 valence electrons. The Kier molecular flexibility index (Phi) is 1.69. The van der Waals surface area contributed by atoms with Crippen LogP contribution in [0.1, 0.15) is 25.3 Å². The van der Waals surface area contributed by atoms with Crippen molar-refractivity contribution in [3.63, 3.8) is 0 Å². The maximum absolute atomic E-state index is 5.59. The summed E-state index contributed by atoms with van der Waals surface area (Å²) in [5.41, 5.74) is 8.26. The Hall–Kier alpha value is -1.58. The van der Waals surface area contributed by atoms with Crippen molar-refractivity contribution in [2.45, 2.75) is 19.8 Å². The molecular weight excluding hydrogens is 164 g/mol. The highest BCUT2D eigenvalue weighted by molar-refractivity contribution is 5.50. The third kappa shape index (κ3) is 1.24. The molecule has 0 amide bonds. The summed E-state index contributed by atoms with van der Waals surface area (Å²) < 4.78 is 1.71. The zero-order valence-corrected chi connectivity index (χ0v) is 7.73. The fourth-order valence-corrected chi connectivity index (χ4v) is 1.31. The van der Waals surface area contributed by atoms with Crippen LogP contribution in [0.15, 0.2) is 18.6 Å². The van der Waals surface area contributed by atoms with E-state index in [9.17, 15) is 0 Å². The average molecular weight is 176 g/mol. The minimum absolute atomic E-state index is 0.439. The van der Waals surface area contributed by atoms with E-state index < -0.39 is 0 Å². The Morgan fingerprint density at radius 1 is 1.38 bits per heavy atom. The number of hydrogen-bond donors (Lipinski definition) is 1. The van der Waals surface area contributed by atoms with Gasteiger partial charge in [-0.3, -0.25) is 0 Å². The van der Waals surface area contributed by atoms with Crippen molar-refractivity contribution >= 4 is 11.3 Å². The second-order valence-electron chi connectivity index (χ2n) is 3.41. The van der Waals surface area contributed by atoms with E-state index in [0.717, 1.165) is 11.2 Å². The quantitative estimate of drug-likeness (QED) is 0.715. The second-order valence-corrected chi connectivity index (χ2v) is 3.41. The molecule has 4 nitrogen and oxygen atoms in total. The van der Waals surface area contributed by atoms with Crippen molar-refractivity contribution in [2.24, 2.45) is 0 Å². The molecule has 0 aliphatic heterocycles. The van der Waals surface area contributed by atoms with Gasteiger partial charge in [0, 0.05) is 5.56 Å². The lowest BCUT2D eigenvalue weighted by molar-refractivity contribution is 0.872. The lowest BCUT2D eigenvalue weighted by Crippen LogP contribution is -1.95. The molecule has 13 heavy (non-hydrogen) atoms. The van der Waals surface area contributed by atoms with Crippen LogP contribution in [0.25, 0.3) is 5.65 Å². The van der Waals surface area contributed by atoms with Crippen LogP contribution in [0, 0.1) is 0 Å². The third-order valence-corrected chi connectivity index (χ3v) is 2.03. The number of anilines is 1. The SMILES string of the molecule is CC(C)c1cnn2cc(N)cnc12. The van der Waals surface area contributed by atoms with Crippen LogP contribution in [0.4, 0.5) is 5.69 Å². The molecule has 0 atom stereocenters.